The maximum absolute atomic E-state index is 2.71. The number of hydrogen-bond acceptors (Lipinski definition) is 3. The standard InChI is InChI=1S/C69H72BN3/c1-45-38-47(46-22-16-13-17-23-46)28-33-59(45)73-60-42-52(71(49-24-18-14-19-25-49)50-26-20-15-21-27-50)30-32-57(60)70-58-43-55-56(69(11,12)37-36-68(55,9)10)44-61(58)72(62-39-48(65(2,3)4)40-63(73)64(62)70)51-29-31-53-54(41-51)67(7,8)35-34-66(53,5)6/h13-33,38-44H,34-37H2,1-12H3. The van der Waals surface area contributed by atoms with Crippen molar-refractivity contribution in [2.45, 2.75) is 136 Å². The fraction of sp³-hybridized carbons (Fsp3) is 0.304. The molecule has 0 unspecified atom stereocenters. The van der Waals surface area contributed by atoms with Gasteiger partial charge in [-0.1, -0.05) is 167 Å². The van der Waals surface area contributed by atoms with Crippen LogP contribution < -0.4 is 31.1 Å². The first-order valence-electron chi connectivity index (χ1n) is 27.0. The minimum absolute atomic E-state index is 0.0180. The highest BCUT2D eigenvalue weighted by Crippen LogP contribution is 2.54. The van der Waals surface area contributed by atoms with E-state index in [1.165, 1.54) is 108 Å². The van der Waals surface area contributed by atoms with Crippen molar-refractivity contribution < 1.29 is 0 Å². The first kappa shape index (κ1) is 47.2. The van der Waals surface area contributed by atoms with E-state index in [1.807, 2.05) is 0 Å². The zero-order chi connectivity index (χ0) is 51.0. The van der Waals surface area contributed by atoms with Crippen LogP contribution in [0.1, 0.15) is 135 Å². The Balaban J connectivity index is 1.20. The van der Waals surface area contributed by atoms with Gasteiger partial charge in [0.1, 0.15) is 0 Å². The molecule has 366 valence electrons. The maximum atomic E-state index is 2.71. The summed E-state index contributed by atoms with van der Waals surface area (Å²) < 4.78 is 0. The van der Waals surface area contributed by atoms with E-state index in [4.69, 9.17) is 0 Å². The van der Waals surface area contributed by atoms with Gasteiger partial charge in [-0.3, -0.25) is 0 Å². The summed E-state index contributed by atoms with van der Waals surface area (Å²) in [4.78, 5) is 7.78. The van der Waals surface area contributed by atoms with Crippen LogP contribution in [0.25, 0.3) is 11.1 Å². The molecule has 4 aliphatic rings. The summed E-state index contributed by atoms with van der Waals surface area (Å²) in [6.07, 6.45) is 4.68. The van der Waals surface area contributed by atoms with E-state index in [0.29, 0.717) is 0 Å². The van der Waals surface area contributed by atoms with Crippen molar-refractivity contribution in [2.24, 2.45) is 0 Å². The summed E-state index contributed by atoms with van der Waals surface area (Å²) in [6, 6.07) is 65.1. The van der Waals surface area contributed by atoms with E-state index in [0.717, 1.165) is 29.9 Å². The fourth-order valence-electron chi connectivity index (χ4n) is 13.2. The number of anilines is 9. The molecule has 0 radical (unpaired) electrons. The molecule has 8 aromatic rings. The van der Waals surface area contributed by atoms with Crippen LogP contribution in [0.4, 0.5) is 51.2 Å². The number of para-hydroxylation sites is 2. The van der Waals surface area contributed by atoms with Gasteiger partial charge in [-0.15, -0.1) is 0 Å². The molecular weight excluding hydrogens is 882 g/mol. The lowest BCUT2D eigenvalue weighted by molar-refractivity contribution is 0.332. The lowest BCUT2D eigenvalue weighted by Gasteiger charge is -2.48. The number of nitrogens with zero attached hydrogens (tertiary/aromatic N) is 3. The van der Waals surface area contributed by atoms with Gasteiger partial charge >= 0.3 is 0 Å². The zero-order valence-electron chi connectivity index (χ0n) is 45.4. The van der Waals surface area contributed by atoms with Crippen LogP contribution in [-0.2, 0) is 27.1 Å². The maximum Gasteiger partial charge on any atom is 0.252 e. The molecular formula is C69H72BN3. The Hall–Kier alpha value is -6.78. The molecule has 4 heteroatoms. The normalized spacial score (nSPS) is 17.5. The monoisotopic (exact) mass is 954 g/mol. The SMILES string of the molecule is Cc1cc(-c2ccccc2)ccc1N1c2cc(N(c3ccccc3)c3ccccc3)ccc2B2c3cc4c(cc3N(c3ccc5c(c3)C(C)(C)CCC5(C)C)c3cc(C(C)(C)C)cc1c32)C(C)(C)CCC4(C)C. The Morgan fingerprint density at radius 3 is 1.51 bits per heavy atom. The average molecular weight is 954 g/mol. The summed E-state index contributed by atoms with van der Waals surface area (Å²) in [6.45, 7) is 29.3. The predicted molar refractivity (Wildman–Crippen MR) is 315 cm³/mol. The van der Waals surface area contributed by atoms with Crippen LogP contribution in [0, 0.1) is 6.92 Å². The highest BCUT2D eigenvalue weighted by molar-refractivity contribution is 7.00. The van der Waals surface area contributed by atoms with E-state index < -0.39 is 0 Å². The summed E-state index contributed by atoms with van der Waals surface area (Å²) in [5.41, 5.74) is 26.1. The zero-order valence-corrected chi connectivity index (χ0v) is 45.4. The highest BCUT2D eigenvalue weighted by Gasteiger charge is 2.48. The van der Waals surface area contributed by atoms with Crippen molar-refractivity contribution in [2.75, 3.05) is 14.7 Å². The molecule has 73 heavy (non-hydrogen) atoms. The van der Waals surface area contributed by atoms with E-state index in [-0.39, 0.29) is 33.8 Å². The van der Waals surface area contributed by atoms with Crippen LogP contribution in [0.3, 0.4) is 0 Å². The van der Waals surface area contributed by atoms with Crippen LogP contribution in [0.2, 0.25) is 0 Å². The van der Waals surface area contributed by atoms with Gasteiger partial charge in [0.2, 0.25) is 0 Å². The van der Waals surface area contributed by atoms with E-state index in [2.05, 4.69) is 268 Å². The quantitative estimate of drug-likeness (QED) is 0.154. The van der Waals surface area contributed by atoms with Gasteiger partial charge < -0.3 is 14.7 Å². The Labute approximate surface area is 437 Å². The molecule has 3 nitrogen and oxygen atoms in total. The second-order valence-electron chi connectivity index (χ2n) is 25.6. The predicted octanol–water partition coefficient (Wildman–Crippen LogP) is 17.2. The van der Waals surface area contributed by atoms with E-state index >= 15 is 0 Å². The minimum atomic E-state index is -0.145. The van der Waals surface area contributed by atoms with Gasteiger partial charge in [0, 0.05) is 51.2 Å². The van der Waals surface area contributed by atoms with Gasteiger partial charge in [-0.05, 0) is 199 Å². The second kappa shape index (κ2) is 16.6. The third-order valence-electron chi connectivity index (χ3n) is 17.8. The van der Waals surface area contributed by atoms with Gasteiger partial charge in [0.25, 0.3) is 6.71 Å². The van der Waals surface area contributed by atoms with Crippen molar-refractivity contribution in [3.63, 3.8) is 0 Å². The topological polar surface area (TPSA) is 9.72 Å². The lowest BCUT2D eigenvalue weighted by atomic mass is 9.33. The van der Waals surface area contributed by atoms with Crippen molar-refractivity contribution in [3.8, 4) is 11.1 Å². The summed E-state index contributed by atoms with van der Waals surface area (Å²) in [5.74, 6) is 0. The Kier molecular flexibility index (Phi) is 10.8. The largest absolute Gasteiger partial charge is 0.311 e. The molecule has 0 saturated heterocycles. The van der Waals surface area contributed by atoms with Crippen LogP contribution in [0.5, 0.6) is 0 Å². The molecule has 0 spiro atoms. The number of rotatable bonds is 6. The van der Waals surface area contributed by atoms with Gasteiger partial charge in [0.05, 0.1) is 0 Å². The van der Waals surface area contributed by atoms with Crippen LogP contribution >= 0.6 is 0 Å². The van der Waals surface area contributed by atoms with Crippen molar-refractivity contribution in [1.82, 2.24) is 0 Å². The van der Waals surface area contributed by atoms with E-state index in [1.54, 1.807) is 0 Å². The molecule has 0 atom stereocenters. The van der Waals surface area contributed by atoms with Gasteiger partial charge in [0.15, 0.2) is 0 Å². The molecule has 8 aromatic carbocycles. The first-order valence-corrected chi connectivity index (χ1v) is 27.0. The summed E-state index contributed by atoms with van der Waals surface area (Å²) >= 11 is 0. The van der Waals surface area contributed by atoms with Crippen molar-refractivity contribution in [1.29, 1.82) is 0 Å². The van der Waals surface area contributed by atoms with Crippen LogP contribution in [-0.4, -0.2) is 6.71 Å². The first-order chi connectivity index (χ1) is 34.7. The smallest absolute Gasteiger partial charge is 0.252 e. The van der Waals surface area contributed by atoms with Crippen LogP contribution in [0.15, 0.2) is 170 Å². The average Bonchev–Trinajstić information content (AvgIpc) is 3.37. The molecule has 2 aliphatic heterocycles. The number of benzene rings is 8. The third-order valence-corrected chi connectivity index (χ3v) is 17.8. The molecule has 12 rings (SSSR count). The molecule has 0 saturated carbocycles. The molecule has 0 bridgehead atoms. The van der Waals surface area contributed by atoms with Gasteiger partial charge in [-0.2, -0.15) is 0 Å². The van der Waals surface area contributed by atoms with Crippen molar-refractivity contribution in [3.05, 3.63) is 203 Å². The summed E-state index contributed by atoms with van der Waals surface area (Å²) in [7, 11) is 0. The van der Waals surface area contributed by atoms with Gasteiger partial charge in [-0.25, -0.2) is 0 Å². The number of hydrogen-bond donors (Lipinski definition) is 0. The molecule has 0 fully saturated rings. The minimum Gasteiger partial charge on any atom is -0.311 e. The van der Waals surface area contributed by atoms with Crippen molar-refractivity contribution >= 4 is 74.3 Å². The molecule has 0 aromatic heterocycles. The molecule has 0 amide bonds. The number of aryl methyl sites for hydroxylation is 1. The lowest BCUT2D eigenvalue weighted by Crippen LogP contribution is -2.62. The summed E-state index contributed by atoms with van der Waals surface area (Å²) in [5, 5.41) is 0. The molecule has 0 N–H and O–H groups in total. The van der Waals surface area contributed by atoms with E-state index in [9.17, 15) is 0 Å². The number of fused-ring (bicyclic) bond motifs is 6. The Bertz CT molecular complexity index is 3430. The molecule has 2 aliphatic carbocycles. The highest BCUT2D eigenvalue weighted by atomic mass is 15.2. The second-order valence-corrected chi connectivity index (χ2v) is 25.6. The molecule has 2 heterocycles. The Morgan fingerprint density at radius 2 is 0.932 bits per heavy atom. The Morgan fingerprint density at radius 1 is 0.411 bits per heavy atom. The third kappa shape index (κ3) is 7.68. The fourth-order valence-corrected chi connectivity index (χ4v) is 13.2.